The van der Waals surface area contributed by atoms with Gasteiger partial charge in [-0.05, 0) is 154 Å². The van der Waals surface area contributed by atoms with Crippen molar-refractivity contribution in [2.75, 3.05) is 39.6 Å². The molecule has 0 heterocycles. The highest BCUT2D eigenvalue weighted by atomic mass is 31.2. The van der Waals surface area contributed by atoms with Crippen molar-refractivity contribution in [3.8, 4) is 0 Å². The van der Waals surface area contributed by atoms with Crippen LogP contribution in [0.25, 0.3) is 0 Å². The second-order valence-electron chi connectivity index (χ2n) is 33.5. The number of hydrogen-bond donors (Lipinski definition) is 4. The van der Waals surface area contributed by atoms with Crippen LogP contribution in [-0.4, -0.2) is 95.9 Å². The Kier molecular flexibility index (Phi) is 94.0. The SMILES string of the molecule is CC/C=C\C/C=C\C/C=C\C/C=C\C/C=C\CCCCCCCCCCCCCCCCCCCC(=O)OCC(O)COP(=O)(O)OCC(O)COP(=O)(O)OCC(COC(=O)CCCCCCCCCCCCCCC/C=C\C/C=C\C/C=C\C/C=C\CCCCC)OC(=O)CCCCCCCCCCCCC/C=C\C/C=C\C/C=C\C/C=C\C/C=C\CC. The van der Waals surface area contributed by atoms with Gasteiger partial charge in [0.05, 0.1) is 26.4 Å². The lowest BCUT2D eigenvalue weighted by Gasteiger charge is -2.21. The standard InChI is InChI=1S/C107H184O16P2/c1-4-7-10-13-16-19-22-25-28-31-34-37-40-43-46-48-49-50-51-53-56-57-60-63-66-69-72-75-78-81-84-87-90-93-105(110)117-96-102(108)97-119-124(113,114)120-98-103(109)99-121-125(115,116)122-101-104(123-107(112)95-92-89-86-83-80-77-74-71-68-65-62-59-54-45-42-39-36-33-30-27-24-21-18-15-12-9-6-3)100-118-106(111)94-91-88-85-82-79-76-73-70-67-64-61-58-55-52-47-44-41-38-35-32-29-26-23-20-17-14-11-8-5-2/h7,9-10,12,16-21,25-30,34-39,43-47,54,102-104,108-109H,4-6,8,11,13-15,22-24,31-33,40-42,48-53,55-101H2,1-3H3,(H,113,114)(H,115,116)/b10-7-,12-9-,19-16-,20-17-,21-18-,28-25-,29-26-,30-27-,37-34-,38-35-,39-36-,46-43-,47-44-,54-45-. The summed E-state index contributed by atoms with van der Waals surface area (Å²) in [4.78, 5) is 59.2. The van der Waals surface area contributed by atoms with Crippen LogP contribution in [0.1, 0.15) is 432 Å². The molecule has 0 saturated carbocycles. The molecule has 5 atom stereocenters. The van der Waals surface area contributed by atoms with Gasteiger partial charge in [-0.25, -0.2) is 9.13 Å². The number of esters is 3. The van der Waals surface area contributed by atoms with Crippen LogP contribution >= 0.6 is 15.6 Å². The summed E-state index contributed by atoms with van der Waals surface area (Å²) in [6, 6.07) is 0. The average molecular weight is 1790 g/mol. The quantitative estimate of drug-likeness (QED) is 0.0146. The minimum atomic E-state index is -4.95. The summed E-state index contributed by atoms with van der Waals surface area (Å²) in [5.74, 6) is -1.56. The van der Waals surface area contributed by atoms with Crippen molar-refractivity contribution < 1.29 is 75.8 Å². The Labute approximate surface area is 764 Å². The zero-order chi connectivity index (χ0) is 90.7. The number of aliphatic hydroxyl groups is 2. The fourth-order valence-corrected chi connectivity index (χ4v) is 15.4. The van der Waals surface area contributed by atoms with Crippen LogP contribution in [0.5, 0.6) is 0 Å². The fourth-order valence-electron chi connectivity index (χ4n) is 13.8. The van der Waals surface area contributed by atoms with Gasteiger partial charge in [-0.15, -0.1) is 0 Å². The third-order valence-electron chi connectivity index (χ3n) is 21.4. The van der Waals surface area contributed by atoms with Gasteiger partial charge in [0.1, 0.15) is 25.4 Å². The van der Waals surface area contributed by atoms with Crippen LogP contribution in [0.15, 0.2) is 170 Å². The average Bonchev–Trinajstić information content (AvgIpc) is 0.902. The van der Waals surface area contributed by atoms with E-state index in [0.717, 1.165) is 167 Å². The molecule has 0 saturated heterocycles. The van der Waals surface area contributed by atoms with Crippen molar-refractivity contribution in [3.63, 3.8) is 0 Å². The summed E-state index contributed by atoms with van der Waals surface area (Å²) >= 11 is 0. The van der Waals surface area contributed by atoms with Crippen molar-refractivity contribution >= 4 is 33.6 Å². The predicted molar refractivity (Wildman–Crippen MR) is 528 cm³/mol. The van der Waals surface area contributed by atoms with Gasteiger partial charge in [0.2, 0.25) is 0 Å². The third kappa shape index (κ3) is 99.3. The molecule has 0 fully saturated rings. The third-order valence-corrected chi connectivity index (χ3v) is 23.3. The molecule has 0 amide bonds. The zero-order valence-electron chi connectivity index (χ0n) is 79.5. The molecule has 0 aromatic carbocycles. The number of allylic oxidation sites excluding steroid dienone is 28. The first-order valence-corrected chi connectivity index (χ1v) is 53.4. The molecule has 18 heteroatoms. The maximum atomic E-state index is 13.1. The van der Waals surface area contributed by atoms with Gasteiger partial charge in [0.15, 0.2) is 6.10 Å². The summed E-state index contributed by atoms with van der Waals surface area (Å²) < 4.78 is 61.7. The minimum absolute atomic E-state index is 0.0972. The van der Waals surface area contributed by atoms with Crippen molar-refractivity contribution in [1.82, 2.24) is 0 Å². The summed E-state index contributed by atoms with van der Waals surface area (Å²) in [6.07, 6.45) is 128. The second kappa shape index (κ2) is 98.0. The Hall–Kier alpha value is -5.09. The summed E-state index contributed by atoms with van der Waals surface area (Å²) in [6.45, 7) is 2.50. The van der Waals surface area contributed by atoms with E-state index in [-0.39, 0.29) is 19.3 Å². The number of carbonyl (C=O) groups is 3. The highest BCUT2D eigenvalue weighted by molar-refractivity contribution is 7.47. The monoisotopic (exact) mass is 1790 g/mol. The van der Waals surface area contributed by atoms with E-state index in [4.69, 9.17) is 32.3 Å². The first kappa shape index (κ1) is 120. The number of phosphoric acid groups is 2. The Balaban J connectivity index is 4.60. The molecule has 4 N–H and O–H groups in total. The highest BCUT2D eigenvalue weighted by Gasteiger charge is 2.30. The molecular formula is C107H184O16P2. The molecule has 125 heavy (non-hydrogen) atoms. The van der Waals surface area contributed by atoms with E-state index in [1.807, 2.05) is 0 Å². The van der Waals surface area contributed by atoms with Gasteiger partial charge in [-0.2, -0.15) is 0 Å². The zero-order valence-corrected chi connectivity index (χ0v) is 81.3. The van der Waals surface area contributed by atoms with Crippen molar-refractivity contribution in [1.29, 1.82) is 0 Å². The number of carbonyl (C=O) groups excluding carboxylic acids is 3. The molecule has 0 aromatic rings. The van der Waals surface area contributed by atoms with E-state index in [1.54, 1.807) is 0 Å². The number of rotatable bonds is 95. The van der Waals surface area contributed by atoms with E-state index in [0.29, 0.717) is 19.3 Å². The van der Waals surface area contributed by atoms with E-state index in [1.165, 1.54) is 205 Å². The van der Waals surface area contributed by atoms with Crippen molar-refractivity contribution in [3.05, 3.63) is 170 Å². The predicted octanol–water partition coefficient (Wildman–Crippen LogP) is 31.8. The molecule has 0 aromatic heterocycles. The van der Waals surface area contributed by atoms with E-state index < -0.39 is 91.5 Å². The Morgan fingerprint density at radius 3 is 0.672 bits per heavy atom. The molecule has 0 rings (SSSR count). The number of aliphatic hydroxyl groups excluding tert-OH is 2. The number of phosphoric ester groups is 2. The lowest BCUT2D eigenvalue weighted by atomic mass is 10.0. The van der Waals surface area contributed by atoms with Gasteiger partial charge in [-0.1, -0.05) is 428 Å². The molecule has 0 aliphatic heterocycles. The van der Waals surface area contributed by atoms with Crippen molar-refractivity contribution in [2.24, 2.45) is 0 Å². The van der Waals surface area contributed by atoms with E-state index in [9.17, 15) is 43.5 Å². The normalized spacial score (nSPS) is 14.4. The molecule has 0 aliphatic rings. The van der Waals surface area contributed by atoms with Gasteiger partial charge < -0.3 is 34.2 Å². The smallest absolute Gasteiger partial charge is 0.463 e. The molecule has 0 aliphatic carbocycles. The molecular weight excluding hydrogens is 1600 g/mol. The molecule has 0 spiro atoms. The number of unbranched alkanes of at least 4 members (excludes halogenated alkanes) is 44. The molecule has 5 unspecified atom stereocenters. The minimum Gasteiger partial charge on any atom is -0.463 e. The lowest BCUT2D eigenvalue weighted by molar-refractivity contribution is -0.161. The fraction of sp³-hybridized carbons (Fsp3) is 0.710. The van der Waals surface area contributed by atoms with Crippen LogP contribution in [-0.2, 0) is 55.8 Å². The molecule has 718 valence electrons. The second-order valence-corrected chi connectivity index (χ2v) is 36.4. The van der Waals surface area contributed by atoms with Crippen molar-refractivity contribution in [2.45, 2.75) is 450 Å². The van der Waals surface area contributed by atoms with Crippen LogP contribution < -0.4 is 0 Å². The van der Waals surface area contributed by atoms with Gasteiger partial charge in [0, 0.05) is 19.3 Å². The summed E-state index contributed by atoms with van der Waals surface area (Å²) in [5, 5.41) is 20.8. The van der Waals surface area contributed by atoms with Crippen LogP contribution in [0.4, 0.5) is 0 Å². The maximum absolute atomic E-state index is 13.1. The van der Waals surface area contributed by atoms with Crippen LogP contribution in [0.2, 0.25) is 0 Å². The topological polar surface area (TPSA) is 231 Å². The number of ether oxygens (including phenoxy) is 3. The van der Waals surface area contributed by atoms with E-state index >= 15 is 0 Å². The first-order chi connectivity index (χ1) is 61.2. The summed E-state index contributed by atoms with van der Waals surface area (Å²) in [7, 11) is -9.82. The first-order valence-electron chi connectivity index (χ1n) is 50.4. The molecule has 0 bridgehead atoms. The maximum Gasteiger partial charge on any atom is 0.472 e. The molecule has 16 nitrogen and oxygen atoms in total. The summed E-state index contributed by atoms with van der Waals surface area (Å²) in [5.41, 5.74) is 0. The Morgan fingerprint density at radius 2 is 0.424 bits per heavy atom. The van der Waals surface area contributed by atoms with Crippen LogP contribution in [0.3, 0.4) is 0 Å². The Bertz CT molecular complexity index is 2950. The van der Waals surface area contributed by atoms with E-state index in [2.05, 4.69) is 191 Å². The number of hydrogen-bond acceptors (Lipinski definition) is 14. The van der Waals surface area contributed by atoms with Gasteiger partial charge in [-0.3, -0.25) is 32.5 Å². The molecule has 0 radical (unpaired) electrons. The largest absolute Gasteiger partial charge is 0.472 e. The van der Waals surface area contributed by atoms with Gasteiger partial charge in [0.25, 0.3) is 0 Å². The Morgan fingerprint density at radius 1 is 0.232 bits per heavy atom. The van der Waals surface area contributed by atoms with Gasteiger partial charge >= 0.3 is 33.6 Å². The van der Waals surface area contributed by atoms with Crippen LogP contribution in [0, 0.1) is 0 Å². The highest BCUT2D eigenvalue weighted by Crippen LogP contribution is 2.45. The lowest BCUT2D eigenvalue weighted by Crippen LogP contribution is -2.30.